The van der Waals surface area contributed by atoms with Crippen molar-refractivity contribution in [1.29, 1.82) is 0 Å². The minimum absolute atomic E-state index is 0.238. The Morgan fingerprint density at radius 3 is 2.70 bits per heavy atom. The Kier molecular flexibility index (Phi) is 4.63. The number of hydrogen-bond acceptors (Lipinski definition) is 4. The summed E-state index contributed by atoms with van der Waals surface area (Å²) in [5.41, 5.74) is 2.02. The predicted molar refractivity (Wildman–Crippen MR) is 77.0 cm³/mol. The molecule has 5 heteroatoms. The summed E-state index contributed by atoms with van der Waals surface area (Å²) in [4.78, 5) is 8.73. The van der Waals surface area contributed by atoms with Gasteiger partial charge in [0.1, 0.15) is 18.2 Å². The van der Waals surface area contributed by atoms with E-state index in [2.05, 4.69) is 15.3 Å². The SMILES string of the molecule is CCOCc1nc(NC)cc(-c2ccc(C)c(F)c2)n1. The second kappa shape index (κ2) is 6.43. The molecule has 20 heavy (non-hydrogen) atoms. The maximum absolute atomic E-state index is 13.7. The summed E-state index contributed by atoms with van der Waals surface area (Å²) >= 11 is 0. The van der Waals surface area contributed by atoms with E-state index in [-0.39, 0.29) is 5.82 Å². The Hall–Kier alpha value is -2.01. The van der Waals surface area contributed by atoms with Crippen LogP contribution in [0.2, 0.25) is 0 Å². The Morgan fingerprint density at radius 2 is 2.05 bits per heavy atom. The molecule has 0 saturated heterocycles. The maximum Gasteiger partial charge on any atom is 0.157 e. The standard InChI is InChI=1S/C15H18FN3O/c1-4-20-9-15-18-13(8-14(17-3)19-15)11-6-5-10(2)12(16)7-11/h5-8H,4,9H2,1-3H3,(H,17,18,19). The Labute approximate surface area is 118 Å². The van der Waals surface area contributed by atoms with Crippen molar-refractivity contribution in [2.24, 2.45) is 0 Å². The minimum atomic E-state index is -0.238. The zero-order chi connectivity index (χ0) is 14.5. The lowest BCUT2D eigenvalue weighted by Gasteiger charge is -2.09. The zero-order valence-electron chi connectivity index (χ0n) is 11.9. The van der Waals surface area contributed by atoms with Gasteiger partial charge in [-0.05, 0) is 25.5 Å². The van der Waals surface area contributed by atoms with Gasteiger partial charge in [0, 0.05) is 25.3 Å². The number of hydrogen-bond donors (Lipinski definition) is 1. The number of rotatable bonds is 5. The molecule has 4 nitrogen and oxygen atoms in total. The van der Waals surface area contributed by atoms with E-state index in [4.69, 9.17) is 4.74 Å². The summed E-state index contributed by atoms with van der Waals surface area (Å²) in [6, 6.07) is 6.87. The van der Waals surface area contributed by atoms with E-state index in [1.54, 1.807) is 26.1 Å². The van der Waals surface area contributed by atoms with Crippen molar-refractivity contribution in [3.05, 3.63) is 41.5 Å². The highest BCUT2D eigenvalue weighted by Crippen LogP contribution is 2.22. The van der Waals surface area contributed by atoms with Gasteiger partial charge in [-0.1, -0.05) is 12.1 Å². The van der Waals surface area contributed by atoms with E-state index < -0.39 is 0 Å². The molecule has 0 bridgehead atoms. The monoisotopic (exact) mass is 275 g/mol. The van der Waals surface area contributed by atoms with Crippen LogP contribution in [0, 0.1) is 12.7 Å². The second-order valence-electron chi connectivity index (χ2n) is 4.41. The molecule has 0 radical (unpaired) electrons. The van der Waals surface area contributed by atoms with Gasteiger partial charge in [0.25, 0.3) is 0 Å². The molecule has 0 unspecified atom stereocenters. The van der Waals surface area contributed by atoms with Crippen LogP contribution >= 0.6 is 0 Å². The van der Waals surface area contributed by atoms with Gasteiger partial charge in [-0.3, -0.25) is 0 Å². The lowest BCUT2D eigenvalue weighted by Crippen LogP contribution is -2.04. The molecule has 0 fully saturated rings. The van der Waals surface area contributed by atoms with Gasteiger partial charge >= 0.3 is 0 Å². The number of aryl methyl sites for hydroxylation is 1. The first-order chi connectivity index (χ1) is 9.63. The summed E-state index contributed by atoms with van der Waals surface area (Å²) in [6.45, 7) is 4.59. The van der Waals surface area contributed by atoms with E-state index in [0.717, 1.165) is 5.56 Å². The predicted octanol–water partition coefficient (Wildman–Crippen LogP) is 3.17. The maximum atomic E-state index is 13.7. The van der Waals surface area contributed by atoms with Gasteiger partial charge in [0.2, 0.25) is 0 Å². The number of ether oxygens (including phenoxy) is 1. The van der Waals surface area contributed by atoms with Gasteiger partial charge in [0.05, 0.1) is 5.69 Å². The second-order valence-corrected chi connectivity index (χ2v) is 4.41. The summed E-state index contributed by atoms with van der Waals surface area (Å²) in [5, 5.41) is 2.98. The normalized spacial score (nSPS) is 10.6. The van der Waals surface area contributed by atoms with Crippen LogP contribution < -0.4 is 5.32 Å². The van der Waals surface area contributed by atoms with E-state index in [9.17, 15) is 4.39 Å². The number of nitrogens with one attached hydrogen (secondary N) is 1. The lowest BCUT2D eigenvalue weighted by molar-refractivity contribution is 0.128. The highest BCUT2D eigenvalue weighted by atomic mass is 19.1. The average Bonchev–Trinajstić information content (AvgIpc) is 2.47. The first kappa shape index (κ1) is 14.4. The number of benzene rings is 1. The van der Waals surface area contributed by atoms with Crippen LogP contribution in [0.15, 0.2) is 24.3 Å². The molecule has 2 aromatic rings. The molecule has 0 aliphatic rings. The molecule has 1 aromatic heterocycles. The fraction of sp³-hybridized carbons (Fsp3) is 0.333. The zero-order valence-corrected chi connectivity index (χ0v) is 11.9. The molecule has 1 aromatic carbocycles. The van der Waals surface area contributed by atoms with E-state index in [0.29, 0.717) is 36.1 Å². The van der Waals surface area contributed by atoms with Gasteiger partial charge < -0.3 is 10.1 Å². The summed E-state index contributed by atoms with van der Waals surface area (Å²) in [5.74, 6) is 1.03. The van der Waals surface area contributed by atoms with E-state index >= 15 is 0 Å². The molecule has 1 N–H and O–H groups in total. The van der Waals surface area contributed by atoms with Crippen molar-refractivity contribution in [3.8, 4) is 11.3 Å². The Bertz CT molecular complexity index is 602. The fourth-order valence-electron chi connectivity index (χ4n) is 1.78. The van der Waals surface area contributed by atoms with Crippen LogP contribution in [0.25, 0.3) is 11.3 Å². The van der Waals surface area contributed by atoms with Crippen molar-refractivity contribution >= 4 is 5.82 Å². The molecule has 0 spiro atoms. The first-order valence-corrected chi connectivity index (χ1v) is 6.54. The molecule has 0 aliphatic carbocycles. The summed E-state index contributed by atoms with van der Waals surface area (Å²) < 4.78 is 19.0. The van der Waals surface area contributed by atoms with Crippen LogP contribution in [0.3, 0.4) is 0 Å². The van der Waals surface area contributed by atoms with Crippen LogP contribution in [0.5, 0.6) is 0 Å². The third-order valence-electron chi connectivity index (χ3n) is 2.93. The summed E-state index contributed by atoms with van der Waals surface area (Å²) in [6.07, 6.45) is 0. The van der Waals surface area contributed by atoms with Crippen molar-refractivity contribution in [3.63, 3.8) is 0 Å². The Morgan fingerprint density at radius 1 is 1.25 bits per heavy atom. The average molecular weight is 275 g/mol. The molecule has 0 atom stereocenters. The molecule has 2 rings (SSSR count). The molecule has 1 heterocycles. The highest BCUT2D eigenvalue weighted by molar-refractivity contribution is 5.63. The molecule has 0 saturated carbocycles. The largest absolute Gasteiger partial charge is 0.374 e. The molecule has 106 valence electrons. The third kappa shape index (κ3) is 3.30. The third-order valence-corrected chi connectivity index (χ3v) is 2.93. The number of anilines is 1. The van der Waals surface area contributed by atoms with Crippen molar-refractivity contribution < 1.29 is 9.13 Å². The smallest absolute Gasteiger partial charge is 0.157 e. The number of nitrogens with zero attached hydrogens (tertiary/aromatic N) is 2. The van der Waals surface area contributed by atoms with Crippen molar-refractivity contribution in [1.82, 2.24) is 9.97 Å². The van der Waals surface area contributed by atoms with E-state index in [1.165, 1.54) is 6.07 Å². The van der Waals surface area contributed by atoms with Crippen molar-refractivity contribution in [2.45, 2.75) is 20.5 Å². The van der Waals surface area contributed by atoms with Gasteiger partial charge in [0.15, 0.2) is 5.82 Å². The molecule has 0 amide bonds. The summed E-state index contributed by atoms with van der Waals surface area (Å²) in [7, 11) is 1.78. The molecular weight excluding hydrogens is 257 g/mol. The van der Waals surface area contributed by atoms with Gasteiger partial charge in [-0.25, -0.2) is 14.4 Å². The lowest BCUT2D eigenvalue weighted by atomic mass is 10.1. The van der Waals surface area contributed by atoms with Gasteiger partial charge in [-0.15, -0.1) is 0 Å². The van der Waals surface area contributed by atoms with Crippen LogP contribution in [-0.4, -0.2) is 23.6 Å². The molecular formula is C15H18FN3O. The Balaban J connectivity index is 2.41. The fourth-order valence-corrected chi connectivity index (χ4v) is 1.78. The van der Waals surface area contributed by atoms with E-state index in [1.807, 2.05) is 13.0 Å². The van der Waals surface area contributed by atoms with Crippen LogP contribution in [0.4, 0.5) is 10.2 Å². The number of halogens is 1. The van der Waals surface area contributed by atoms with Crippen molar-refractivity contribution in [2.75, 3.05) is 19.0 Å². The van der Waals surface area contributed by atoms with Crippen LogP contribution in [-0.2, 0) is 11.3 Å². The van der Waals surface area contributed by atoms with Crippen LogP contribution in [0.1, 0.15) is 18.3 Å². The highest BCUT2D eigenvalue weighted by Gasteiger charge is 2.08. The first-order valence-electron chi connectivity index (χ1n) is 6.54. The van der Waals surface area contributed by atoms with Gasteiger partial charge in [-0.2, -0.15) is 0 Å². The quantitative estimate of drug-likeness (QED) is 0.910. The minimum Gasteiger partial charge on any atom is -0.374 e. The number of aromatic nitrogens is 2. The topological polar surface area (TPSA) is 47.0 Å². The molecule has 0 aliphatic heterocycles.